The number of fused-ring (bicyclic) bond motifs is 3. The second-order valence-corrected chi connectivity index (χ2v) is 11.7. The Morgan fingerprint density at radius 2 is 1.95 bits per heavy atom. The van der Waals surface area contributed by atoms with Gasteiger partial charge in [0.15, 0.2) is 0 Å². The van der Waals surface area contributed by atoms with Gasteiger partial charge in [-0.25, -0.2) is 0 Å². The highest BCUT2D eigenvalue weighted by atomic mass is 28.3. The molecule has 2 nitrogen and oxygen atoms in total. The summed E-state index contributed by atoms with van der Waals surface area (Å²) in [5.74, 6) is 4.24. The Balaban J connectivity index is 1.94. The van der Waals surface area contributed by atoms with Crippen LogP contribution in [0.4, 0.5) is 0 Å². The fourth-order valence-electron chi connectivity index (χ4n) is 2.42. The normalized spacial score (nSPS) is 26.4. The molecule has 100 valence electrons. The number of ether oxygens (including phenoxy) is 2. The van der Waals surface area contributed by atoms with E-state index in [4.69, 9.17) is 9.47 Å². The molecule has 0 N–H and O–H groups in total. The van der Waals surface area contributed by atoms with E-state index in [0.717, 1.165) is 16.9 Å². The van der Waals surface area contributed by atoms with Crippen LogP contribution in [0.2, 0.25) is 19.6 Å². The van der Waals surface area contributed by atoms with Crippen molar-refractivity contribution in [2.45, 2.75) is 51.3 Å². The predicted octanol–water partition coefficient (Wildman–Crippen LogP) is 3.53. The SMILES string of the molecule is CC1(C)Oc2ccc(C#C[Si](C)(C)C)cc2[C@H]2O[C@H]21. The number of hydrogen-bond acceptors (Lipinski definition) is 2. The van der Waals surface area contributed by atoms with E-state index in [0.29, 0.717) is 0 Å². The molecule has 0 aliphatic carbocycles. The first kappa shape index (κ1) is 12.8. The Bertz CT molecular complexity index is 587. The molecule has 0 saturated carbocycles. The van der Waals surface area contributed by atoms with Gasteiger partial charge in [0.25, 0.3) is 0 Å². The van der Waals surface area contributed by atoms with Crippen molar-refractivity contribution in [1.82, 2.24) is 0 Å². The first-order valence-electron chi connectivity index (χ1n) is 6.78. The third-order valence-corrected chi connectivity index (χ3v) is 4.32. The average molecular weight is 272 g/mol. The molecule has 3 heteroatoms. The second-order valence-electron chi connectivity index (χ2n) is 6.94. The molecule has 0 aromatic heterocycles. The summed E-state index contributed by atoms with van der Waals surface area (Å²) in [5.41, 5.74) is 5.41. The molecule has 1 aromatic carbocycles. The molecule has 1 fully saturated rings. The summed E-state index contributed by atoms with van der Waals surface area (Å²) >= 11 is 0. The lowest BCUT2D eigenvalue weighted by Gasteiger charge is -2.29. The van der Waals surface area contributed by atoms with Crippen LogP contribution in [-0.4, -0.2) is 19.8 Å². The lowest BCUT2D eigenvalue weighted by atomic mass is 9.93. The second kappa shape index (κ2) is 3.88. The summed E-state index contributed by atoms with van der Waals surface area (Å²) in [6.07, 6.45) is 0.396. The fourth-order valence-corrected chi connectivity index (χ4v) is 2.94. The van der Waals surface area contributed by atoms with Crippen LogP contribution in [0.15, 0.2) is 18.2 Å². The number of rotatable bonds is 0. The summed E-state index contributed by atoms with van der Waals surface area (Å²) in [6.45, 7) is 10.9. The Hall–Kier alpha value is -1.24. The maximum Gasteiger partial charge on any atom is 0.132 e. The van der Waals surface area contributed by atoms with Gasteiger partial charge in [0.2, 0.25) is 0 Å². The van der Waals surface area contributed by atoms with E-state index < -0.39 is 8.07 Å². The third-order valence-electron chi connectivity index (χ3n) is 3.45. The summed E-state index contributed by atoms with van der Waals surface area (Å²) in [5, 5.41) is 0. The van der Waals surface area contributed by atoms with Crippen molar-refractivity contribution in [1.29, 1.82) is 0 Å². The van der Waals surface area contributed by atoms with Crippen LogP contribution in [-0.2, 0) is 4.74 Å². The minimum atomic E-state index is -1.33. The molecule has 2 heterocycles. The zero-order valence-corrected chi connectivity index (χ0v) is 13.2. The molecule has 3 rings (SSSR count). The standard InChI is InChI=1S/C16H20O2Si/c1-16(2)15-14(17-15)12-10-11(6-7-13(12)18-16)8-9-19(3,4)5/h6-7,10,14-15H,1-5H3/t14-,15-/m1/s1. The Morgan fingerprint density at radius 1 is 1.21 bits per heavy atom. The maximum absolute atomic E-state index is 6.01. The van der Waals surface area contributed by atoms with Gasteiger partial charge in [0, 0.05) is 11.1 Å². The van der Waals surface area contributed by atoms with Crippen molar-refractivity contribution in [2.75, 3.05) is 0 Å². The first-order valence-corrected chi connectivity index (χ1v) is 10.3. The minimum Gasteiger partial charge on any atom is -0.485 e. The molecule has 2 atom stereocenters. The smallest absolute Gasteiger partial charge is 0.132 e. The van der Waals surface area contributed by atoms with Gasteiger partial charge in [-0.15, -0.1) is 5.54 Å². The monoisotopic (exact) mass is 272 g/mol. The first-order chi connectivity index (χ1) is 8.76. The maximum atomic E-state index is 6.01. The molecular formula is C16H20O2Si. The van der Waals surface area contributed by atoms with Crippen molar-refractivity contribution >= 4 is 8.07 Å². The van der Waals surface area contributed by atoms with Gasteiger partial charge in [-0.2, -0.15) is 0 Å². The summed E-state index contributed by atoms with van der Waals surface area (Å²) in [7, 11) is -1.33. The van der Waals surface area contributed by atoms with E-state index >= 15 is 0 Å². The van der Waals surface area contributed by atoms with Crippen LogP contribution in [0.1, 0.15) is 31.1 Å². The fraction of sp³-hybridized carbons (Fsp3) is 0.500. The minimum absolute atomic E-state index is 0.195. The lowest BCUT2D eigenvalue weighted by molar-refractivity contribution is 0.0725. The van der Waals surface area contributed by atoms with E-state index in [1.54, 1.807) is 0 Å². The highest BCUT2D eigenvalue weighted by Crippen LogP contribution is 2.53. The van der Waals surface area contributed by atoms with Gasteiger partial charge >= 0.3 is 0 Å². The predicted molar refractivity (Wildman–Crippen MR) is 79.0 cm³/mol. The van der Waals surface area contributed by atoms with Crippen molar-refractivity contribution in [3.63, 3.8) is 0 Å². The highest BCUT2D eigenvalue weighted by molar-refractivity contribution is 6.83. The van der Waals surface area contributed by atoms with Crippen molar-refractivity contribution in [3.8, 4) is 17.2 Å². The van der Waals surface area contributed by atoms with E-state index in [2.05, 4.69) is 51.0 Å². The molecule has 0 amide bonds. The number of epoxide rings is 1. The van der Waals surface area contributed by atoms with Gasteiger partial charge in [-0.3, -0.25) is 0 Å². The largest absolute Gasteiger partial charge is 0.485 e. The van der Waals surface area contributed by atoms with E-state index in [9.17, 15) is 0 Å². The highest BCUT2D eigenvalue weighted by Gasteiger charge is 2.56. The van der Waals surface area contributed by atoms with Gasteiger partial charge in [0.05, 0.1) is 0 Å². The number of hydrogen-bond donors (Lipinski definition) is 0. The lowest BCUT2D eigenvalue weighted by Crippen LogP contribution is -2.37. The van der Waals surface area contributed by atoms with Crippen LogP contribution in [0.25, 0.3) is 0 Å². The van der Waals surface area contributed by atoms with Crippen molar-refractivity contribution in [3.05, 3.63) is 29.3 Å². The van der Waals surface area contributed by atoms with Gasteiger partial charge in [0.1, 0.15) is 31.6 Å². The summed E-state index contributed by atoms with van der Waals surface area (Å²) < 4.78 is 11.8. The van der Waals surface area contributed by atoms with E-state index in [-0.39, 0.29) is 17.8 Å². The van der Waals surface area contributed by atoms with E-state index in [1.165, 1.54) is 0 Å². The Morgan fingerprint density at radius 3 is 2.63 bits per heavy atom. The molecule has 0 spiro atoms. The van der Waals surface area contributed by atoms with Crippen molar-refractivity contribution in [2.24, 2.45) is 0 Å². The molecule has 2 aliphatic heterocycles. The molecule has 0 radical (unpaired) electrons. The van der Waals surface area contributed by atoms with Gasteiger partial charge in [-0.1, -0.05) is 25.6 Å². The summed E-state index contributed by atoms with van der Waals surface area (Å²) in [4.78, 5) is 0. The molecule has 2 aliphatic rings. The van der Waals surface area contributed by atoms with Crippen LogP contribution >= 0.6 is 0 Å². The van der Waals surface area contributed by atoms with Crippen molar-refractivity contribution < 1.29 is 9.47 Å². The molecule has 1 saturated heterocycles. The molecule has 0 bridgehead atoms. The average Bonchev–Trinajstić information content (AvgIpc) is 3.06. The zero-order valence-electron chi connectivity index (χ0n) is 12.2. The van der Waals surface area contributed by atoms with Gasteiger partial charge < -0.3 is 9.47 Å². The van der Waals surface area contributed by atoms with Gasteiger partial charge in [-0.05, 0) is 32.0 Å². The van der Waals surface area contributed by atoms with E-state index in [1.807, 2.05) is 12.1 Å². The third kappa shape index (κ3) is 2.43. The molecule has 19 heavy (non-hydrogen) atoms. The zero-order chi connectivity index (χ0) is 13.8. The summed E-state index contributed by atoms with van der Waals surface area (Å²) in [6, 6.07) is 6.20. The molecule has 1 aromatic rings. The van der Waals surface area contributed by atoms with Crippen LogP contribution in [0.3, 0.4) is 0 Å². The van der Waals surface area contributed by atoms with Crippen LogP contribution in [0, 0.1) is 11.5 Å². The molecular weight excluding hydrogens is 252 g/mol. The topological polar surface area (TPSA) is 21.8 Å². The van der Waals surface area contributed by atoms with Crippen LogP contribution < -0.4 is 4.74 Å². The Labute approximate surface area is 116 Å². The quantitative estimate of drug-likeness (QED) is 0.409. The number of benzene rings is 1. The molecule has 0 unspecified atom stereocenters. The Kier molecular flexibility index (Phi) is 2.61. The van der Waals surface area contributed by atoms with Crippen LogP contribution in [0.5, 0.6) is 5.75 Å².